The molecule has 0 N–H and O–H groups in total. The van der Waals surface area contributed by atoms with Crippen molar-refractivity contribution in [2.24, 2.45) is 0 Å². The number of hydrogen-bond donors (Lipinski definition) is 0. The second kappa shape index (κ2) is 6.25. The van der Waals surface area contributed by atoms with Crippen molar-refractivity contribution in [3.05, 3.63) is 30.4 Å². The van der Waals surface area contributed by atoms with E-state index in [0.29, 0.717) is 0 Å². The van der Waals surface area contributed by atoms with Crippen LogP contribution in [0.1, 0.15) is 44.8 Å². The van der Waals surface area contributed by atoms with Gasteiger partial charge < -0.3 is 4.90 Å². The summed E-state index contributed by atoms with van der Waals surface area (Å²) in [5, 5.41) is 4.37. The standard InChI is InChI=1S/C16H21N5O/c1-3-10-21-14(6-7-19-21)16-15(17-8-9-18-16)13-5-4-11-20(13)12(2)22/h6-9,13H,3-5,10-11H2,1-2H3. The zero-order valence-electron chi connectivity index (χ0n) is 13.1. The molecule has 0 aliphatic carbocycles. The number of aromatic nitrogens is 4. The number of carbonyl (C=O) groups is 1. The molecule has 2 aromatic rings. The normalized spacial score (nSPS) is 17.9. The molecule has 1 fully saturated rings. The van der Waals surface area contributed by atoms with Crippen LogP contribution in [0, 0.1) is 0 Å². The number of carbonyl (C=O) groups excluding carboxylic acids is 1. The second-order valence-corrected chi connectivity index (χ2v) is 5.60. The number of hydrogen-bond acceptors (Lipinski definition) is 4. The highest BCUT2D eigenvalue weighted by Gasteiger charge is 2.31. The molecular weight excluding hydrogens is 278 g/mol. The summed E-state index contributed by atoms with van der Waals surface area (Å²) in [6.45, 7) is 5.39. The van der Waals surface area contributed by atoms with Crippen molar-refractivity contribution in [3.63, 3.8) is 0 Å². The third-order valence-corrected chi connectivity index (χ3v) is 4.09. The van der Waals surface area contributed by atoms with E-state index in [1.165, 1.54) is 0 Å². The predicted octanol–water partition coefficient (Wildman–Crippen LogP) is 2.43. The van der Waals surface area contributed by atoms with E-state index in [4.69, 9.17) is 0 Å². The van der Waals surface area contributed by atoms with Gasteiger partial charge in [0.15, 0.2) is 0 Å². The van der Waals surface area contributed by atoms with Gasteiger partial charge in [-0.2, -0.15) is 5.10 Å². The van der Waals surface area contributed by atoms with Crippen molar-refractivity contribution in [2.75, 3.05) is 6.54 Å². The Morgan fingerprint density at radius 1 is 1.32 bits per heavy atom. The van der Waals surface area contributed by atoms with Gasteiger partial charge in [0.05, 0.1) is 17.4 Å². The minimum absolute atomic E-state index is 0.0196. The molecule has 2 aromatic heterocycles. The van der Waals surface area contributed by atoms with E-state index < -0.39 is 0 Å². The number of likely N-dealkylation sites (tertiary alicyclic amines) is 1. The second-order valence-electron chi connectivity index (χ2n) is 5.60. The van der Waals surface area contributed by atoms with Crippen molar-refractivity contribution in [1.82, 2.24) is 24.6 Å². The Morgan fingerprint density at radius 3 is 2.91 bits per heavy atom. The van der Waals surface area contributed by atoms with E-state index in [2.05, 4.69) is 22.0 Å². The van der Waals surface area contributed by atoms with Gasteiger partial charge in [-0.25, -0.2) is 0 Å². The van der Waals surface area contributed by atoms with Crippen LogP contribution in [0.5, 0.6) is 0 Å². The van der Waals surface area contributed by atoms with Crippen LogP contribution in [0.15, 0.2) is 24.7 Å². The predicted molar refractivity (Wildman–Crippen MR) is 82.9 cm³/mol. The summed E-state index contributed by atoms with van der Waals surface area (Å²) in [6, 6.07) is 1.99. The molecule has 1 saturated heterocycles. The minimum Gasteiger partial charge on any atom is -0.334 e. The van der Waals surface area contributed by atoms with Crippen LogP contribution in [-0.2, 0) is 11.3 Å². The largest absolute Gasteiger partial charge is 0.334 e. The van der Waals surface area contributed by atoms with E-state index in [0.717, 1.165) is 49.4 Å². The molecule has 0 bridgehead atoms. The maximum atomic E-state index is 11.9. The Kier molecular flexibility index (Phi) is 4.18. The summed E-state index contributed by atoms with van der Waals surface area (Å²) in [7, 11) is 0. The molecule has 3 rings (SSSR count). The molecular formula is C16H21N5O. The highest BCUT2D eigenvalue weighted by Crippen LogP contribution is 2.35. The average molecular weight is 299 g/mol. The highest BCUT2D eigenvalue weighted by molar-refractivity contribution is 5.74. The lowest BCUT2D eigenvalue weighted by Gasteiger charge is -2.24. The Hall–Kier alpha value is -2.24. The van der Waals surface area contributed by atoms with Gasteiger partial charge in [-0.3, -0.25) is 19.4 Å². The van der Waals surface area contributed by atoms with Crippen LogP contribution in [-0.4, -0.2) is 37.1 Å². The summed E-state index contributed by atoms with van der Waals surface area (Å²) in [5.74, 6) is 0.0983. The van der Waals surface area contributed by atoms with Crippen LogP contribution >= 0.6 is 0 Å². The molecule has 0 aromatic carbocycles. The number of nitrogens with zero attached hydrogens (tertiary/aromatic N) is 5. The van der Waals surface area contributed by atoms with E-state index in [9.17, 15) is 4.79 Å². The molecule has 1 atom stereocenters. The van der Waals surface area contributed by atoms with Gasteiger partial charge in [0.25, 0.3) is 0 Å². The van der Waals surface area contributed by atoms with Crippen LogP contribution in [0.4, 0.5) is 0 Å². The molecule has 1 aliphatic heterocycles. The maximum absolute atomic E-state index is 11.9. The zero-order chi connectivity index (χ0) is 15.5. The summed E-state index contributed by atoms with van der Waals surface area (Å²) in [5.41, 5.74) is 2.69. The summed E-state index contributed by atoms with van der Waals surface area (Å²) in [6.07, 6.45) is 8.15. The highest BCUT2D eigenvalue weighted by atomic mass is 16.2. The fraction of sp³-hybridized carbons (Fsp3) is 0.500. The van der Waals surface area contributed by atoms with Crippen molar-refractivity contribution in [2.45, 2.75) is 45.7 Å². The van der Waals surface area contributed by atoms with Gasteiger partial charge in [0.1, 0.15) is 5.69 Å². The SMILES string of the molecule is CCCn1nccc1-c1nccnc1C1CCCN1C(C)=O. The van der Waals surface area contributed by atoms with E-state index in [1.807, 2.05) is 15.6 Å². The van der Waals surface area contributed by atoms with Crippen molar-refractivity contribution < 1.29 is 4.79 Å². The Balaban J connectivity index is 2.03. The average Bonchev–Trinajstić information content (AvgIpc) is 3.16. The molecule has 1 unspecified atom stereocenters. The van der Waals surface area contributed by atoms with Gasteiger partial charge in [-0.15, -0.1) is 0 Å². The van der Waals surface area contributed by atoms with Crippen LogP contribution in [0.25, 0.3) is 11.4 Å². The molecule has 116 valence electrons. The van der Waals surface area contributed by atoms with E-state index in [1.54, 1.807) is 25.5 Å². The fourth-order valence-corrected chi connectivity index (χ4v) is 3.14. The van der Waals surface area contributed by atoms with Gasteiger partial charge >= 0.3 is 0 Å². The molecule has 3 heterocycles. The summed E-state index contributed by atoms with van der Waals surface area (Å²) in [4.78, 5) is 22.8. The maximum Gasteiger partial charge on any atom is 0.220 e. The smallest absolute Gasteiger partial charge is 0.220 e. The van der Waals surface area contributed by atoms with Crippen LogP contribution < -0.4 is 0 Å². The lowest BCUT2D eigenvalue weighted by Crippen LogP contribution is -2.29. The minimum atomic E-state index is 0.0196. The molecule has 0 radical (unpaired) electrons. The monoisotopic (exact) mass is 299 g/mol. The van der Waals surface area contributed by atoms with Gasteiger partial charge in [0, 0.05) is 38.6 Å². The first-order chi connectivity index (χ1) is 10.7. The third kappa shape index (κ3) is 2.61. The van der Waals surface area contributed by atoms with Crippen molar-refractivity contribution in [3.8, 4) is 11.4 Å². The lowest BCUT2D eigenvalue weighted by atomic mass is 10.1. The van der Waals surface area contributed by atoms with E-state index >= 15 is 0 Å². The Labute approximate surface area is 130 Å². The molecule has 1 aliphatic rings. The summed E-state index contributed by atoms with van der Waals surface area (Å²) < 4.78 is 1.96. The molecule has 1 amide bonds. The number of rotatable bonds is 4. The van der Waals surface area contributed by atoms with Gasteiger partial charge in [-0.1, -0.05) is 6.92 Å². The first-order valence-electron chi connectivity index (χ1n) is 7.82. The number of aryl methyl sites for hydroxylation is 1. The Bertz CT molecular complexity index is 666. The van der Waals surface area contributed by atoms with Gasteiger partial charge in [-0.05, 0) is 25.3 Å². The quantitative estimate of drug-likeness (QED) is 0.870. The molecule has 22 heavy (non-hydrogen) atoms. The van der Waals surface area contributed by atoms with Gasteiger partial charge in [0.2, 0.25) is 5.91 Å². The molecule has 0 spiro atoms. The van der Waals surface area contributed by atoms with Crippen LogP contribution in [0.3, 0.4) is 0 Å². The van der Waals surface area contributed by atoms with Crippen molar-refractivity contribution >= 4 is 5.91 Å². The molecule has 6 heteroatoms. The lowest BCUT2D eigenvalue weighted by molar-refractivity contribution is -0.129. The Morgan fingerprint density at radius 2 is 2.14 bits per heavy atom. The topological polar surface area (TPSA) is 63.9 Å². The first kappa shape index (κ1) is 14.7. The summed E-state index contributed by atoms with van der Waals surface area (Å²) >= 11 is 0. The third-order valence-electron chi connectivity index (χ3n) is 4.09. The molecule has 0 saturated carbocycles. The number of amides is 1. The zero-order valence-corrected chi connectivity index (χ0v) is 13.1. The first-order valence-corrected chi connectivity index (χ1v) is 7.82. The van der Waals surface area contributed by atoms with Crippen LogP contribution in [0.2, 0.25) is 0 Å². The molecule has 6 nitrogen and oxygen atoms in total. The van der Waals surface area contributed by atoms with E-state index in [-0.39, 0.29) is 11.9 Å². The fourth-order valence-electron chi connectivity index (χ4n) is 3.14. The van der Waals surface area contributed by atoms with Crippen molar-refractivity contribution in [1.29, 1.82) is 0 Å².